The Balaban J connectivity index is 3.05. The van der Waals surface area contributed by atoms with E-state index in [9.17, 15) is 4.79 Å². The van der Waals surface area contributed by atoms with E-state index in [2.05, 4.69) is 0 Å². The van der Waals surface area contributed by atoms with Gasteiger partial charge in [0, 0.05) is 6.54 Å². The summed E-state index contributed by atoms with van der Waals surface area (Å²) in [5.41, 5.74) is 6.46. The topological polar surface area (TPSA) is 61.6 Å². The fourth-order valence-corrected chi connectivity index (χ4v) is 1.93. The molecule has 0 aromatic heterocycles. The second-order valence-corrected chi connectivity index (χ2v) is 5.92. The van der Waals surface area contributed by atoms with E-state index in [1.807, 2.05) is 40.7 Å². The lowest BCUT2D eigenvalue weighted by atomic mass is 9.73. The van der Waals surface area contributed by atoms with Crippen LogP contribution in [-0.2, 0) is 14.1 Å². The van der Waals surface area contributed by atoms with Crippen molar-refractivity contribution in [2.75, 3.05) is 6.54 Å². The minimum atomic E-state index is -0.482. The molecular formula is C14H24BNO3. The van der Waals surface area contributed by atoms with Crippen LogP contribution in [0.25, 0.3) is 0 Å². The van der Waals surface area contributed by atoms with E-state index in [0.717, 1.165) is 11.0 Å². The Morgan fingerprint density at radius 2 is 1.63 bits per heavy atom. The van der Waals surface area contributed by atoms with Crippen LogP contribution in [-0.4, -0.2) is 30.6 Å². The summed E-state index contributed by atoms with van der Waals surface area (Å²) < 4.78 is 12.0. The molecule has 0 aliphatic carbocycles. The van der Waals surface area contributed by atoms with Gasteiger partial charge >= 0.3 is 7.12 Å². The van der Waals surface area contributed by atoms with Gasteiger partial charge in [-0.25, -0.2) is 0 Å². The van der Waals surface area contributed by atoms with Crippen LogP contribution < -0.4 is 5.73 Å². The van der Waals surface area contributed by atoms with Gasteiger partial charge in [0.25, 0.3) is 0 Å². The van der Waals surface area contributed by atoms with Crippen molar-refractivity contribution in [2.45, 2.75) is 52.7 Å². The molecule has 0 radical (unpaired) electrons. The molecule has 0 aromatic carbocycles. The molecule has 0 spiro atoms. The Kier molecular flexibility index (Phi) is 4.77. The number of allylic oxidation sites excluding steroid dienone is 3. The van der Waals surface area contributed by atoms with Gasteiger partial charge in [0.15, 0.2) is 5.78 Å². The van der Waals surface area contributed by atoms with Gasteiger partial charge < -0.3 is 15.0 Å². The lowest BCUT2D eigenvalue weighted by Gasteiger charge is -2.32. The Morgan fingerprint density at radius 1 is 1.16 bits per heavy atom. The molecule has 0 atom stereocenters. The van der Waals surface area contributed by atoms with E-state index >= 15 is 0 Å². The van der Waals surface area contributed by atoms with Crippen LogP contribution in [0.1, 0.15) is 41.5 Å². The fourth-order valence-electron chi connectivity index (χ4n) is 1.93. The molecule has 19 heavy (non-hydrogen) atoms. The van der Waals surface area contributed by atoms with Crippen LogP contribution in [0.5, 0.6) is 0 Å². The zero-order valence-corrected chi connectivity index (χ0v) is 12.7. The molecule has 0 aromatic rings. The van der Waals surface area contributed by atoms with Gasteiger partial charge in [-0.3, -0.25) is 4.79 Å². The molecule has 1 aliphatic rings. The summed E-state index contributed by atoms with van der Waals surface area (Å²) in [6, 6.07) is 0. The van der Waals surface area contributed by atoms with Crippen molar-refractivity contribution in [2.24, 2.45) is 5.73 Å². The highest BCUT2D eigenvalue weighted by atomic mass is 16.7. The Morgan fingerprint density at radius 3 is 2.00 bits per heavy atom. The summed E-state index contributed by atoms with van der Waals surface area (Å²) in [4.78, 5) is 11.2. The molecule has 5 heteroatoms. The molecule has 1 fully saturated rings. The molecule has 0 bridgehead atoms. The zero-order chi connectivity index (χ0) is 14.8. The number of rotatable bonds is 4. The van der Waals surface area contributed by atoms with E-state index < -0.39 is 18.3 Å². The Bertz CT molecular complexity index is 408. The summed E-state index contributed by atoms with van der Waals surface area (Å²) in [5, 5.41) is 0. The van der Waals surface area contributed by atoms with Crippen molar-refractivity contribution in [3.05, 3.63) is 23.2 Å². The van der Waals surface area contributed by atoms with Crippen LogP contribution in [0.15, 0.2) is 23.2 Å². The third-order valence-electron chi connectivity index (χ3n) is 3.72. The minimum Gasteiger partial charge on any atom is -0.399 e. The monoisotopic (exact) mass is 265 g/mol. The summed E-state index contributed by atoms with van der Waals surface area (Å²) in [5.74, 6) is -0.00283. The van der Waals surface area contributed by atoms with Crippen LogP contribution >= 0.6 is 0 Å². The Labute approximate surface area is 116 Å². The van der Waals surface area contributed by atoms with Crippen LogP contribution in [0.4, 0.5) is 0 Å². The maximum atomic E-state index is 11.2. The highest BCUT2D eigenvalue weighted by Gasteiger charge is 2.52. The van der Waals surface area contributed by atoms with Gasteiger partial charge in [-0.15, -0.1) is 0 Å². The quantitative estimate of drug-likeness (QED) is 0.480. The summed E-state index contributed by atoms with van der Waals surface area (Å²) in [6.07, 6.45) is 3.42. The first-order valence-corrected chi connectivity index (χ1v) is 6.55. The van der Waals surface area contributed by atoms with Gasteiger partial charge in [-0.05, 0) is 58.7 Å². The molecule has 1 heterocycles. The summed E-state index contributed by atoms with van der Waals surface area (Å²) >= 11 is 0. The average Bonchev–Trinajstić information content (AvgIpc) is 2.43. The number of hydrogen-bond acceptors (Lipinski definition) is 4. The third-order valence-corrected chi connectivity index (χ3v) is 3.72. The lowest BCUT2D eigenvalue weighted by Crippen LogP contribution is -2.41. The molecule has 1 aliphatic heterocycles. The van der Waals surface area contributed by atoms with Crippen LogP contribution in [0, 0.1) is 0 Å². The molecular weight excluding hydrogens is 241 g/mol. The third kappa shape index (κ3) is 3.56. The van der Waals surface area contributed by atoms with E-state index in [-0.39, 0.29) is 5.78 Å². The lowest BCUT2D eigenvalue weighted by molar-refractivity contribution is -0.112. The van der Waals surface area contributed by atoms with E-state index in [4.69, 9.17) is 15.0 Å². The normalized spacial score (nSPS) is 22.8. The first-order chi connectivity index (χ1) is 8.60. The van der Waals surface area contributed by atoms with Crippen molar-refractivity contribution < 1.29 is 14.1 Å². The van der Waals surface area contributed by atoms with Gasteiger partial charge in [-0.1, -0.05) is 6.08 Å². The number of nitrogens with two attached hydrogens (primary N) is 1. The number of carbonyl (C=O) groups excluding carboxylic acids is 1. The average molecular weight is 265 g/mol. The van der Waals surface area contributed by atoms with Crippen LogP contribution in [0.3, 0.4) is 0 Å². The van der Waals surface area contributed by atoms with E-state index in [0.29, 0.717) is 6.54 Å². The molecule has 4 nitrogen and oxygen atoms in total. The molecule has 106 valence electrons. The van der Waals surface area contributed by atoms with Crippen molar-refractivity contribution in [3.63, 3.8) is 0 Å². The largest absolute Gasteiger partial charge is 0.494 e. The highest BCUT2D eigenvalue weighted by molar-refractivity contribution is 6.56. The van der Waals surface area contributed by atoms with Gasteiger partial charge in [0.1, 0.15) is 0 Å². The highest BCUT2D eigenvalue weighted by Crippen LogP contribution is 2.39. The van der Waals surface area contributed by atoms with Crippen molar-refractivity contribution in [1.29, 1.82) is 0 Å². The number of hydrogen-bond donors (Lipinski definition) is 1. The van der Waals surface area contributed by atoms with Gasteiger partial charge in [0.2, 0.25) is 0 Å². The molecule has 1 saturated heterocycles. The SMILES string of the molecule is CC(=O)C=C(C)/C(=C\CN)B1OC(C)(C)C(C)(C)O1. The van der Waals surface area contributed by atoms with Crippen molar-refractivity contribution in [1.82, 2.24) is 0 Å². The molecule has 0 saturated carbocycles. The predicted octanol–water partition coefficient (Wildman–Crippen LogP) is 2.04. The molecule has 1 rings (SSSR count). The number of ketones is 1. The second-order valence-electron chi connectivity index (χ2n) is 5.92. The van der Waals surface area contributed by atoms with E-state index in [1.54, 1.807) is 6.08 Å². The molecule has 0 unspecified atom stereocenters. The van der Waals surface area contributed by atoms with Gasteiger partial charge in [-0.2, -0.15) is 0 Å². The Hall–Kier alpha value is -0.905. The minimum absolute atomic E-state index is 0.00283. The zero-order valence-electron chi connectivity index (χ0n) is 12.7. The fraction of sp³-hybridized carbons (Fsp3) is 0.643. The first-order valence-electron chi connectivity index (χ1n) is 6.55. The van der Waals surface area contributed by atoms with E-state index in [1.165, 1.54) is 6.92 Å². The number of carbonyl (C=O) groups is 1. The predicted molar refractivity (Wildman–Crippen MR) is 77.7 cm³/mol. The standard InChI is InChI=1S/C14H24BNO3/c1-10(9-11(2)17)12(7-8-16)15-18-13(3,4)14(5,6)19-15/h7,9H,8,16H2,1-6H3/b10-9?,12-7+. The first kappa shape index (κ1) is 16.2. The van der Waals surface area contributed by atoms with Crippen LogP contribution in [0.2, 0.25) is 0 Å². The maximum Gasteiger partial charge on any atom is 0.494 e. The summed E-state index contributed by atoms with van der Waals surface area (Å²) in [7, 11) is -0.482. The second kappa shape index (κ2) is 5.61. The maximum absolute atomic E-state index is 11.2. The summed E-state index contributed by atoms with van der Waals surface area (Å²) in [6.45, 7) is 11.8. The van der Waals surface area contributed by atoms with Crippen molar-refractivity contribution >= 4 is 12.9 Å². The molecule has 0 amide bonds. The molecule has 2 N–H and O–H groups in total. The van der Waals surface area contributed by atoms with Crippen molar-refractivity contribution in [3.8, 4) is 0 Å². The smallest absolute Gasteiger partial charge is 0.399 e. The van der Waals surface area contributed by atoms with Gasteiger partial charge in [0.05, 0.1) is 11.2 Å².